The van der Waals surface area contributed by atoms with Gasteiger partial charge in [-0.15, -0.1) is 12.4 Å². The maximum absolute atomic E-state index is 12.3. The minimum absolute atomic E-state index is 0. The van der Waals surface area contributed by atoms with Crippen LogP contribution in [0.1, 0.15) is 18.4 Å². The molecule has 0 atom stereocenters. The van der Waals surface area contributed by atoms with Crippen LogP contribution in [0.3, 0.4) is 0 Å². The van der Waals surface area contributed by atoms with Crippen molar-refractivity contribution in [3.05, 3.63) is 23.8 Å². The molecule has 1 aromatic rings. The number of carbonyl (C=O) groups is 1. The molecule has 1 aromatic carbocycles. The van der Waals surface area contributed by atoms with Gasteiger partial charge in [0.25, 0.3) is 0 Å². The predicted octanol–water partition coefficient (Wildman–Crippen LogP) is 1.61. The molecular weight excluding hydrogens is 338 g/mol. The fourth-order valence-electron chi connectivity index (χ4n) is 2.48. The number of halogens is 1. The summed E-state index contributed by atoms with van der Waals surface area (Å²) < 4.78 is 25.8. The molecule has 1 heterocycles. The van der Waals surface area contributed by atoms with E-state index in [2.05, 4.69) is 10.6 Å². The van der Waals surface area contributed by atoms with Crippen molar-refractivity contribution >= 4 is 34.0 Å². The molecule has 130 valence electrons. The molecule has 1 amide bonds. The predicted molar refractivity (Wildman–Crippen MR) is 93.5 cm³/mol. The molecule has 2 rings (SSSR count). The summed E-state index contributed by atoms with van der Waals surface area (Å²) in [6.07, 6.45) is 1.61. The second kappa shape index (κ2) is 8.10. The number of hydrogen-bond acceptors (Lipinski definition) is 4. The molecule has 0 unspecified atom stereocenters. The van der Waals surface area contributed by atoms with Crippen LogP contribution in [0.2, 0.25) is 0 Å². The van der Waals surface area contributed by atoms with E-state index in [1.165, 1.54) is 24.5 Å². The molecule has 0 aliphatic carbocycles. The lowest BCUT2D eigenvalue weighted by atomic mass is 9.97. The van der Waals surface area contributed by atoms with E-state index in [-0.39, 0.29) is 29.1 Å². The number of nitrogens with zero attached hydrogens (tertiary/aromatic N) is 1. The molecule has 23 heavy (non-hydrogen) atoms. The van der Waals surface area contributed by atoms with Crippen molar-refractivity contribution in [2.24, 2.45) is 5.92 Å². The van der Waals surface area contributed by atoms with Gasteiger partial charge in [-0.25, -0.2) is 12.7 Å². The third-order valence-electron chi connectivity index (χ3n) is 3.92. The van der Waals surface area contributed by atoms with Gasteiger partial charge in [0.05, 0.1) is 4.90 Å². The molecule has 0 spiro atoms. The van der Waals surface area contributed by atoms with Crippen LogP contribution in [-0.4, -0.2) is 45.8 Å². The number of benzene rings is 1. The molecule has 1 saturated heterocycles. The van der Waals surface area contributed by atoms with E-state index in [0.29, 0.717) is 11.3 Å². The molecule has 8 heteroatoms. The van der Waals surface area contributed by atoms with Crippen LogP contribution in [-0.2, 0) is 14.8 Å². The van der Waals surface area contributed by atoms with Gasteiger partial charge in [-0.1, -0.05) is 6.07 Å². The Kier molecular flexibility index (Phi) is 7.01. The van der Waals surface area contributed by atoms with E-state index in [1.807, 2.05) is 0 Å². The highest BCUT2D eigenvalue weighted by Crippen LogP contribution is 2.23. The maximum Gasteiger partial charge on any atom is 0.242 e. The monoisotopic (exact) mass is 361 g/mol. The lowest BCUT2D eigenvalue weighted by Gasteiger charge is -2.22. The van der Waals surface area contributed by atoms with Crippen LogP contribution >= 0.6 is 12.4 Å². The quantitative estimate of drug-likeness (QED) is 0.853. The number of rotatable bonds is 4. The summed E-state index contributed by atoms with van der Waals surface area (Å²) in [4.78, 5) is 12.5. The number of anilines is 1. The number of aryl methyl sites for hydroxylation is 1. The first-order valence-corrected chi connectivity index (χ1v) is 8.81. The molecule has 0 radical (unpaired) electrons. The Hall–Kier alpha value is -1.15. The zero-order valence-electron chi connectivity index (χ0n) is 13.6. The van der Waals surface area contributed by atoms with Crippen molar-refractivity contribution in [3.63, 3.8) is 0 Å². The molecule has 1 fully saturated rings. The molecular formula is C15H24ClN3O3S. The second-order valence-corrected chi connectivity index (χ2v) is 7.90. The van der Waals surface area contributed by atoms with Crippen LogP contribution < -0.4 is 10.6 Å². The van der Waals surface area contributed by atoms with Crippen LogP contribution in [0.25, 0.3) is 0 Å². The molecule has 0 bridgehead atoms. The molecule has 1 aliphatic heterocycles. The second-order valence-electron chi connectivity index (χ2n) is 5.78. The summed E-state index contributed by atoms with van der Waals surface area (Å²) in [6.45, 7) is 3.42. The van der Waals surface area contributed by atoms with Crippen molar-refractivity contribution in [1.82, 2.24) is 9.62 Å². The first kappa shape index (κ1) is 19.9. The van der Waals surface area contributed by atoms with E-state index in [0.717, 1.165) is 25.9 Å². The van der Waals surface area contributed by atoms with Gasteiger partial charge < -0.3 is 10.6 Å². The van der Waals surface area contributed by atoms with Gasteiger partial charge in [0.2, 0.25) is 15.9 Å². The number of hydrogen-bond donors (Lipinski definition) is 2. The molecule has 0 aromatic heterocycles. The Morgan fingerprint density at radius 3 is 2.43 bits per heavy atom. The zero-order chi connectivity index (χ0) is 16.3. The molecule has 1 aliphatic rings. The third kappa shape index (κ3) is 4.67. The Balaban J connectivity index is 0.00000264. The SMILES string of the molecule is Cc1ccc(NC(=O)C2CCNCC2)cc1S(=O)(=O)N(C)C.Cl. The van der Waals surface area contributed by atoms with Gasteiger partial charge in [-0.3, -0.25) is 4.79 Å². The summed E-state index contributed by atoms with van der Waals surface area (Å²) in [7, 11) is -0.528. The summed E-state index contributed by atoms with van der Waals surface area (Å²) >= 11 is 0. The number of carbonyl (C=O) groups excluding carboxylic acids is 1. The average Bonchev–Trinajstić information content (AvgIpc) is 2.49. The van der Waals surface area contributed by atoms with E-state index in [1.54, 1.807) is 19.1 Å². The smallest absolute Gasteiger partial charge is 0.242 e. The van der Waals surface area contributed by atoms with Gasteiger partial charge in [0, 0.05) is 25.7 Å². The van der Waals surface area contributed by atoms with Gasteiger partial charge in [-0.05, 0) is 50.6 Å². The number of piperidine rings is 1. The summed E-state index contributed by atoms with van der Waals surface area (Å²) in [6, 6.07) is 4.99. The zero-order valence-corrected chi connectivity index (χ0v) is 15.3. The van der Waals surface area contributed by atoms with Crippen molar-refractivity contribution in [1.29, 1.82) is 0 Å². The Morgan fingerprint density at radius 2 is 1.87 bits per heavy atom. The first-order valence-electron chi connectivity index (χ1n) is 7.37. The minimum Gasteiger partial charge on any atom is -0.326 e. The third-order valence-corrected chi connectivity index (χ3v) is 5.88. The lowest BCUT2D eigenvalue weighted by molar-refractivity contribution is -0.120. The number of nitrogens with one attached hydrogen (secondary N) is 2. The van der Waals surface area contributed by atoms with E-state index >= 15 is 0 Å². The highest BCUT2D eigenvalue weighted by molar-refractivity contribution is 7.89. The van der Waals surface area contributed by atoms with Crippen LogP contribution in [0.4, 0.5) is 5.69 Å². The highest BCUT2D eigenvalue weighted by Gasteiger charge is 2.23. The largest absolute Gasteiger partial charge is 0.326 e. The van der Waals surface area contributed by atoms with Crippen LogP contribution in [0.5, 0.6) is 0 Å². The van der Waals surface area contributed by atoms with Gasteiger partial charge >= 0.3 is 0 Å². The van der Waals surface area contributed by atoms with Crippen molar-refractivity contribution < 1.29 is 13.2 Å². The minimum atomic E-state index is -3.52. The van der Waals surface area contributed by atoms with E-state index < -0.39 is 10.0 Å². The van der Waals surface area contributed by atoms with Crippen LogP contribution in [0.15, 0.2) is 23.1 Å². The number of amides is 1. The van der Waals surface area contributed by atoms with E-state index in [9.17, 15) is 13.2 Å². The maximum atomic E-state index is 12.3. The molecule has 6 nitrogen and oxygen atoms in total. The van der Waals surface area contributed by atoms with E-state index in [4.69, 9.17) is 0 Å². The first-order chi connectivity index (χ1) is 10.3. The Bertz CT molecular complexity index is 656. The molecule has 2 N–H and O–H groups in total. The fourth-order valence-corrected chi connectivity index (χ4v) is 3.63. The topological polar surface area (TPSA) is 78.5 Å². The van der Waals surface area contributed by atoms with Crippen molar-refractivity contribution in [3.8, 4) is 0 Å². The summed E-state index contributed by atoms with van der Waals surface area (Å²) in [5.41, 5.74) is 1.18. The van der Waals surface area contributed by atoms with Gasteiger partial charge in [0.1, 0.15) is 0 Å². The standard InChI is InChI=1S/C15H23N3O3S.ClH/c1-11-4-5-13(10-14(11)22(20,21)18(2)3)17-15(19)12-6-8-16-9-7-12;/h4-5,10,12,16H,6-9H2,1-3H3,(H,17,19);1H. The normalized spacial score (nSPS) is 16.0. The van der Waals surface area contributed by atoms with Crippen LogP contribution in [0, 0.1) is 12.8 Å². The van der Waals surface area contributed by atoms with Gasteiger partial charge in [0.15, 0.2) is 0 Å². The molecule has 0 saturated carbocycles. The Morgan fingerprint density at radius 1 is 1.26 bits per heavy atom. The fraction of sp³-hybridized carbons (Fsp3) is 0.533. The van der Waals surface area contributed by atoms with Gasteiger partial charge in [-0.2, -0.15) is 0 Å². The highest BCUT2D eigenvalue weighted by atomic mass is 35.5. The summed E-state index contributed by atoms with van der Waals surface area (Å²) in [5.74, 6) is -0.0602. The van der Waals surface area contributed by atoms with Crippen molar-refractivity contribution in [2.45, 2.75) is 24.7 Å². The summed E-state index contributed by atoms with van der Waals surface area (Å²) in [5, 5.41) is 6.06. The van der Waals surface area contributed by atoms with Crippen molar-refractivity contribution in [2.75, 3.05) is 32.5 Å². The Labute approximate surface area is 144 Å². The number of sulfonamides is 1. The average molecular weight is 362 g/mol. The lowest BCUT2D eigenvalue weighted by Crippen LogP contribution is -2.34.